The number of hydrogen-bond donors (Lipinski definition) is 4. The first kappa shape index (κ1) is 24.3. The summed E-state index contributed by atoms with van der Waals surface area (Å²) in [5.74, 6) is -2.29. The summed E-state index contributed by atoms with van der Waals surface area (Å²) in [6.07, 6.45) is 0.488. The van der Waals surface area contributed by atoms with Crippen molar-refractivity contribution in [2.24, 2.45) is 0 Å². The van der Waals surface area contributed by atoms with Crippen LogP contribution in [0, 0.1) is 5.82 Å². The normalized spacial score (nSPS) is 13.3. The average Bonchev–Trinajstić information content (AvgIpc) is 2.72. The predicted octanol–water partition coefficient (Wildman–Crippen LogP) is 2.94. The van der Waals surface area contributed by atoms with E-state index in [0.29, 0.717) is 11.3 Å². The molecular weight excluding hydrogens is 425 g/mol. The third-order valence-electron chi connectivity index (χ3n) is 4.94. The van der Waals surface area contributed by atoms with E-state index >= 15 is 0 Å². The summed E-state index contributed by atoms with van der Waals surface area (Å²) in [4.78, 5) is 35.6. The Labute approximate surface area is 185 Å². The fourth-order valence-electron chi connectivity index (χ4n) is 3.40. The predicted molar refractivity (Wildman–Crippen MR) is 117 cm³/mol. The number of carbonyl (C=O) groups excluding carboxylic acids is 2. The maximum atomic E-state index is 13.1. The summed E-state index contributed by atoms with van der Waals surface area (Å²) in [5.41, 5.74) is 3.57. The standard InChI is InChI=1S/C22H24FN3O4.ClH/c23-17-4-1-15(2-5-17)19(12-22(29)30)26-21(28)8-7-20(27)25-18-6-3-14-9-10-24-13-16(14)11-18;/h1-6,11,19,24H,7-10,12-13H2,(H,25,27)(H,26,28)(H,29,30);1H. The number of benzene rings is 2. The molecule has 2 amide bonds. The highest BCUT2D eigenvalue weighted by Gasteiger charge is 2.19. The van der Waals surface area contributed by atoms with E-state index in [1.54, 1.807) is 0 Å². The monoisotopic (exact) mass is 449 g/mol. The molecule has 3 rings (SSSR count). The third-order valence-corrected chi connectivity index (χ3v) is 4.94. The average molecular weight is 450 g/mol. The molecule has 0 aromatic heterocycles. The fraction of sp³-hybridized carbons (Fsp3) is 0.318. The smallest absolute Gasteiger partial charge is 0.305 e. The summed E-state index contributed by atoms with van der Waals surface area (Å²) < 4.78 is 13.1. The second-order valence-corrected chi connectivity index (χ2v) is 7.23. The van der Waals surface area contributed by atoms with Gasteiger partial charge in [-0.2, -0.15) is 0 Å². The SMILES string of the molecule is Cl.O=C(O)CC(NC(=O)CCC(=O)Nc1ccc2c(c1)CNCC2)c1ccc(F)cc1. The molecule has 2 aromatic carbocycles. The van der Waals surface area contributed by atoms with Crippen molar-refractivity contribution in [3.8, 4) is 0 Å². The highest BCUT2D eigenvalue weighted by Crippen LogP contribution is 2.20. The van der Waals surface area contributed by atoms with E-state index in [0.717, 1.165) is 25.1 Å². The van der Waals surface area contributed by atoms with Crippen molar-refractivity contribution in [3.05, 3.63) is 65.0 Å². The molecule has 166 valence electrons. The van der Waals surface area contributed by atoms with E-state index in [1.165, 1.54) is 29.8 Å². The number of anilines is 1. The highest BCUT2D eigenvalue weighted by atomic mass is 35.5. The van der Waals surface area contributed by atoms with Gasteiger partial charge in [-0.25, -0.2) is 4.39 Å². The Balaban J connectivity index is 0.00000341. The number of carboxylic acids is 1. The second kappa shape index (κ2) is 11.4. The van der Waals surface area contributed by atoms with Gasteiger partial charge in [0.1, 0.15) is 5.82 Å². The summed E-state index contributed by atoms with van der Waals surface area (Å²) >= 11 is 0. The first-order chi connectivity index (χ1) is 14.4. The molecule has 1 aliphatic rings. The fourth-order valence-corrected chi connectivity index (χ4v) is 3.40. The number of rotatable bonds is 8. The Morgan fingerprint density at radius 2 is 1.74 bits per heavy atom. The van der Waals surface area contributed by atoms with Gasteiger partial charge < -0.3 is 21.1 Å². The van der Waals surface area contributed by atoms with Crippen LogP contribution in [0.1, 0.15) is 42.0 Å². The molecular formula is C22H25ClFN3O4. The van der Waals surface area contributed by atoms with E-state index in [9.17, 15) is 18.8 Å². The van der Waals surface area contributed by atoms with Gasteiger partial charge in [0.15, 0.2) is 0 Å². The van der Waals surface area contributed by atoms with Crippen molar-refractivity contribution in [2.45, 2.75) is 38.3 Å². The zero-order valence-corrected chi connectivity index (χ0v) is 17.6. The largest absolute Gasteiger partial charge is 0.481 e. The Morgan fingerprint density at radius 1 is 1.03 bits per heavy atom. The number of carbonyl (C=O) groups is 3. The summed E-state index contributed by atoms with van der Waals surface area (Å²) in [6.45, 7) is 1.70. The van der Waals surface area contributed by atoms with Crippen LogP contribution >= 0.6 is 12.4 Å². The van der Waals surface area contributed by atoms with Crippen molar-refractivity contribution in [1.29, 1.82) is 0 Å². The van der Waals surface area contributed by atoms with Gasteiger partial charge in [-0.3, -0.25) is 14.4 Å². The molecule has 7 nitrogen and oxygen atoms in total. The lowest BCUT2D eigenvalue weighted by atomic mass is 10.0. The van der Waals surface area contributed by atoms with Gasteiger partial charge in [-0.15, -0.1) is 12.4 Å². The van der Waals surface area contributed by atoms with Gasteiger partial charge in [0.05, 0.1) is 12.5 Å². The van der Waals surface area contributed by atoms with Gasteiger partial charge in [0.25, 0.3) is 0 Å². The van der Waals surface area contributed by atoms with Gasteiger partial charge in [-0.1, -0.05) is 18.2 Å². The van der Waals surface area contributed by atoms with Gasteiger partial charge in [0.2, 0.25) is 11.8 Å². The van der Waals surface area contributed by atoms with Crippen LogP contribution in [0.5, 0.6) is 0 Å². The van der Waals surface area contributed by atoms with Crippen molar-refractivity contribution in [2.75, 3.05) is 11.9 Å². The van der Waals surface area contributed by atoms with E-state index in [2.05, 4.69) is 16.0 Å². The summed E-state index contributed by atoms with van der Waals surface area (Å²) in [5, 5.41) is 17.8. The van der Waals surface area contributed by atoms with Crippen LogP contribution in [0.3, 0.4) is 0 Å². The molecule has 0 aliphatic carbocycles. The molecule has 0 fully saturated rings. The lowest BCUT2D eigenvalue weighted by Crippen LogP contribution is -2.30. The topological polar surface area (TPSA) is 108 Å². The maximum Gasteiger partial charge on any atom is 0.305 e. The molecule has 0 saturated carbocycles. The van der Waals surface area contributed by atoms with Crippen molar-refractivity contribution in [3.63, 3.8) is 0 Å². The Morgan fingerprint density at radius 3 is 2.45 bits per heavy atom. The minimum atomic E-state index is -1.09. The van der Waals surface area contributed by atoms with Gasteiger partial charge >= 0.3 is 5.97 Å². The number of carboxylic acid groups (broad SMARTS) is 1. The zero-order valence-electron chi connectivity index (χ0n) is 16.8. The van der Waals surface area contributed by atoms with Crippen LogP contribution in [0.15, 0.2) is 42.5 Å². The minimum Gasteiger partial charge on any atom is -0.481 e. The zero-order chi connectivity index (χ0) is 21.5. The Bertz CT molecular complexity index is 937. The molecule has 9 heteroatoms. The first-order valence-corrected chi connectivity index (χ1v) is 9.79. The number of aliphatic carboxylic acids is 1. The molecule has 1 atom stereocenters. The van der Waals surface area contributed by atoms with Crippen LogP contribution in [0.25, 0.3) is 0 Å². The molecule has 1 aliphatic heterocycles. The molecule has 0 saturated heterocycles. The quantitative estimate of drug-likeness (QED) is 0.495. The summed E-state index contributed by atoms with van der Waals surface area (Å²) in [7, 11) is 0. The molecule has 4 N–H and O–H groups in total. The minimum absolute atomic E-state index is 0. The highest BCUT2D eigenvalue weighted by molar-refractivity contribution is 5.93. The summed E-state index contributed by atoms with van der Waals surface area (Å²) in [6, 6.07) is 10.2. The van der Waals surface area contributed by atoms with E-state index < -0.39 is 23.7 Å². The number of hydrogen-bond acceptors (Lipinski definition) is 4. The van der Waals surface area contributed by atoms with Crippen molar-refractivity contribution < 1.29 is 23.9 Å². The van der Waals surface area contributed by atoms with E-state index in [-0.39, 0.29) is 37.6 Å². The third kappa shape index (κ3) is 7.34. The molecule has 0 radical (unpaired) electrons. The lowest BCUT2D eigenvalue weighted by molar-refractivity contribution is -0.138. The molecule has 0 spiro atoms. The number of nitrogens with one attached hydrogen (secondary N) is 3. The molecule has 2 aromatic rings. The molecule has 0 bridgehead atoms. The van der Waals surface area contributed by atoms with Gasteiger partial charge in [0, 0.05) is 25.1 Å². The number of fused-ring (bicyclic) bond motifs is 1. The van der Waals surface area contributed by atoms with Crippen LogP contribution in [0.4, 0.5) is 10.1 Å². The molecule has 31 heavy (non-hydrogen) atoms. The van der Waals surface area contributed by atoms with Crippen LogP contribution < -0.4 is 16.0 Å². The first-order valence-electron chi connectivity index (χ1n) is 9.79. The number of amides is 2. The maximum absolute atomic E-state index is 13.1. The lowest BCUT2D eigenvalue weighted by Gasteiger charge is -2.18. The number of halogens is 2. The second-order valence-electron chi connectivity index (χ2n) is 7.23. The van der Waals surface area contributed by atoms with Crippen LogP contribution in [0.2, 0.25) is 0 Å². The molecule has 1 unspecified atom stereocenters. The Hall–Kier alpha value is -2.97. The van der Waals surface area contributed by atoms with Crippen molar-refractivity contribution >= 4 is 35.9 Å². The Kier molecular flexibility index (Phi) is 8.96. The van der Waals surface area contributed by atoms with Crippen LogP contribution in [-0.2, 0) is 27.3 Å². The van der Waals surface area contributed by atoms with E-state index in [1.807, 2.05) is 18.2 Å². The van der Waals surface area contributed by atoms with Crippen molar-refractivity contribution in [1.82, 2.24) is 10.6 Å². The van der Waals surface area contributed by atoms with Gasteiger partial charge in [-0.05, 0) is 53.9 Å². The molecule has 1 heterocycles. The van der Waals surface area contributed by atoms with E-state index in [4.69, 9.17) is 5.11 Å². The van der Waals surface area contributed by atoms with Crippen LogP contribution in [-0.4, -0.2) is 29.4 Å².